The van der Waals surface area contributed by atoms with Gasteiger partial charge in [-0.3, -0.25) is 0 Å². The van der Waals surface area contributed by atoms with E-state index in [0.717, 1.165) is 6.42 Å². The van der Waals surface area contributed by atoms with Crippen LogP contribution in [0.15, 0.2) is 18.2 Å². The molecule has 1 heterocycles. The van der Waals surface area contributed by atoms with E-state index in [1.807, 2.05) is 6.92 Å². The van der Waals surface area contributed by atoms with Crippen LogP contribution in [-0.2, 0) is 4.74 Å². The Balaban J connectivity index is 2.29. The molecular weight excluding hydrogens is 212 g/mol. The number of hydrogen-bond acceptors (Lipinski definition) is 2. The van der Waals surface area contributed by atoms with Gasteiger partial charge in [0.2, 0.25) is 0 Å². The number of halogens is 2. The summed E-state index contributed by atoms with van der Waals surface area (Å²) < 4.78 is 32.4. The first-order valence-corrected chi connectivity index (χ1v) is 5.42. The van der Waals surface area contributed by atoms with Crippen molar-refractivity contribution in [2.45, 2.75) is 25.5 Å². The maximum Gasteiger partial charge on any atom is 0.130 e. The van der Waals surface area contributed by atoms with Crippen LogP contribution in [0.1, 0.15) is 24.9 Å². The number of nitrogens with two attached hydrogens (primary N) is 1. The quantitative estimate of drug-likeness (QED) is 0.842. The summed E-state index contributed by atoms with van der Waals surface area (Å²) in [6, 6.07) is 3.17. The number of benzene rings is 1. The van der Waals surface area contributed by atoms with Crippen LogP contribution < -0.4 is 5.73 Å². The van der Waals surface area contributed by atoms with Gasteiger partial charge >= 0.3 is 0 Å². The maximum absolute atomic E-state index is 13.5. The average Bonchev–Trinajstić information content (AvgIpc) is 2.64. The molecule has 2 nitrogen and oxygen atoms in total. The second-order valence-electron chi connectivity index (χ2n) is 4.19. The fraction of sp³-hybridized carbons (Fsp3) is 0.500. The summed E-state index contributed by atoms with van der Waals surface area (Å²) in [6.45, 7) is 2.49. The van der Waals surface area contributed by atoms with E-state index in [-0.39, 0.29) is 17.6 Å². The average molecular weight is 227 g/mol. The third-order valence-corrected chi connectivity index (χ3v) is 3.23. The predicted molar refractivity (Wildman–Crippen MR) is 56.8 cm³/mol. The molecule has 2 rings (SSSR count). The third-order valence-electron chi connectivity index (χ3n) is 3.23. The van der Waals surface area contributed by atoms with Gasteiger partial charge < -0.3 is 10.5 Å². The Morgan fingerprint density at radius 3 is 2.50 bits per heavy atom. The maximum atomic E-state index is 13.5. The van der Waals surface area contributed by atoms with Crippen LogP contribution in [0, 0.1) is 17.6 Å². The highest BCUT2D eigenvalue weighted by Crippen LogP contribution is 2.33. The molecule has 1 aromatic rings. The number of hydrogen-bond donors (Lipinski definition) is 1. The van der Waals surface area contributed by atoms with E-state index in [2.05, 4.69) is 0 Å². The fourth-order valence-electron chi connectivity index (χ4n) is 2.26. The summed E-state index contributed by atoms with van der Waals surface area (Å²) in [5, 5.41) is 0. The Kier molecular flexibility index (Phi) is 3.21. The van der Waals surface area contributed by atoms with Crippen LogP contribution in [-0.4, -0.2) is 12.7 Å². The first kappa shape index (κ1) is 11.5. The van der Waals surface area contributed by atoms with Gasteiger partial charge in [-0.2, -0.15) is 0 Å². The van der Waals surface area contributed by atoms with Crippen molar-refractivity contribution in [3.63, 3.8) is 0 Å². The van der Waals surface area contributed by atoms with Gasteiger partial charge in [0.25, 0.3) is 0 Å². The van der Waals surface area contributed by atoms with Gasteiger partial charge in [-0.05, 0) is 25.5 Å². The molecule has 16 heavy (non-hydrogen) atoms. The lowest BCUT2D eigenvalue weighted by atomic mass is 9.88. The Morgan fingerprint density at radius 2 is 2.00 bits per heavy atom. The van der Waals surface area contributed by atoms with Crippen molar-refractivity contribution in [3.8, 4) is 0 Å². The summed E-state index contributed by atoms with van der Waals surface area (Å²) in [5.74, 6) is -1.18. The zero-order valence-electron chi connectivity index (χ0n) is 9.12. The standard InChI is InChI=1S/C12H15F2NO/c1-7-8(5-6-16-7)12(15)11-9(13)3-2-4-10(11)14/h2-4,7-8,12H,5-6,15H2,1H3. The molecule has 0 radical (unpaired) electrons. The van der Waals surface area contributed by atoms with E-state index in [9.17, 15) is 8.78 Å². The molecule has 1 aliphatic heterocycles. The molecule has 1 fully saturated rings. The predicted octanol–water partition coefficient (Wildman–Crippen LogP) is 2.39. The van der Waals surface area contributed by atoms with Gasteiger partial charge in [-0.1, -0.05) is 6.07 Å². The van der Waals surface area contributed by atoms with Gasteiger partial charge in [0.15, 0.2) is 0 Å². The van der Waals surface area contributed by atoms with Crippen LogP contribution in [0.25, 0.3) is 0 Å². The molecule has 2 N–H and O–H groups in total. The molecule has 3 unspecified atom stereocenters. The first-order valence-electron chi connectivity index (χ1n) is 5.42. The van der Waals surface area contributed by atoms with E-state index in [4.69, 9.17) is 10.5 Å². The van der Waals surface area contributed by atoms with E-state index in [0.29, 0.717) is 6.61 Å². The van der Waals surface area contributed by atoms with Gasteiger partial charge in [-0.25, -0.2) is 8.78 Å². The van der Waals surface area contributed by atoms with E-state index in [1.54, 1.807) is 0 Å². The molecule has 0 bridgehead atoms. The second kappa shape index (κ2) is 4.47. The number of ether oxygens (including phenoxy) is 1. The van der Waals surface area contributed by atoms with Crippen molar-refractivity contribution in [1.29, 1.82) is 0 Å². The van der Waals surface area contributed by atoms with E-state index < -0.39 is 17.7 Å². The highest BCUT2D eigenvalue weighted by Gasteiger charge is 2.33. The van der Waals surface area contributed by atoms with Gasteiger partial charge in [0.1, 0.15) is 11.6 Å². The zero-order valence-corrected chi connectivity index (χ0v) is 9.12. The summed E-state index contributed by atoms with van der Waals surface area (Å²) in [6.07, 6.45) is 0.699. The van der Waals surface area contributed by atoms with Crippen molar-refractivity contribution < 1.29 is 13.5 Å². The van der Waals surface area contributed by atoms with Crippen molar-refractivity contribution in [3.05, 3.63) is 35.4 Å². The second-order valence-corrected chi connectivity index (χ2v) is 4.19. The lowest BCUT2D eigenvalue weighted by molar-refractivity contribution is 0.0988. The van der Waals surface area contributed by atoms with Crippen LogP contribution in [0.2, 0.25) is 0 Å². The monoisotopic (exact) mass is 227 g/mol. The van der Waals surface area contributed by atoms with Gasteiger partial charge in [0.05, 0.1) is 6.10 Å². The van der Waals surface area contributed by atoms with E-state index in [1.165, 1.54) is 18.2 Å². The molecule has 0 aromatic heterocycles. The molecule has 0 aliphatic carbocycles. The van der Waals surface area contributed by atoms with Crippen molar-refractivity contribution >= 4 is 0 Å². The zero-order chi connectivity index (χ0) is 11.7. The van der Waals surface area contributed by atoms with Crippen LogP contribution in [0.3, 0.4) is 0 Å². The third kappa shape index (κ3) is 1.95. The molecule has 0 saturated carbocycles. The summed E-state index contributed by atoms with van der Waals surface area (Å²) in [4.78, 5) is 0. The molecule has 1 aliphatic rings. The van der Waals surface area contributed by atoms with Crippen molar-refractivity contribution in [2.24, 2.45) is 11.7 Å². The normalized spacial score (nSPS) is 27.0. The molecule has 0 spiro atoms. The minimum absolute atomic E-state index is 0.0219. The molecular formula is C12H15F2NO. The van der Waals surface area contributed by atoms with Crippen LogP contribution >= 0.6 is 0 Å². The first-order chi connectivity index (χ1) is 7.61. The van der Waals surface area contributed by atoms with Crippen LogP contribution in [0.5, 0.6) is 0 Å². The molecule has 1 aromatic carbocycles. The Morgan fingerprint density at radius 1 is 1.38 bits per heavy atom. The fourth-order valence-corrected chi connectivity index (χ4v) is 2.26. The molecule has 4 heteroatoms. The molecule has 3 atom stereocenters. The largest absolute Gasteiger partial charge is 0.378 e. The highest BCUT2D eigenvalue weighted by molar-refractivity contribution is 5.24. The summed E-state index contributed by atoms with van der Waals surface area (Å²) in [5.41, 5.74) is 5.91. The smallest absolute Gasteiger partial charge is 0.130 e. The lowest BCUT2D eigenvalue weighted by Gasteiger charge is -2.23. The Labute approximate surface area is 93.4 Å². The number of rotatable bonds is 2. The Hall–Kier alpha value is -1.00. The molecule has 0 amide bonds. The van der Waals surface area contributed by atoms with Gasteiger partial charge in [-0.15, -0.1) is 0 Å². The van der Waals surface area contributed by atoms with Crippen molar-refractivity contribution in [2.75, 3.05) is 6.61 Å². The minimum atomic E-state index is -0.640. The summed E-state index contributed by atoms with van der Waals surface area (Å²) in [7, 11) is 0. The minimum Gasteiger partial charge on any atom is -0.378 e. The topological polar surface area (TPSA) is 35.2 Å². The van der Waals surface area contributed by atoms with E-state index >= 15 is 0 Å². The highest BCUT2D eigenvalue weighted by atomic mass is 19.1. The molecule has 88 valence electrons. The summed E-state index contributed by atoms with van der Waals surface area (Å²) >= 11 is 0. The molecule has 1 saturated heterocycles. The van der Waals surface area contributed by atoms with Crippen molar-refractivity contribution in [1.82, 2.24) is 0 Å². The van der Waals surface area contributed by atoms with Gasteiger partial charge in [0, 0.05) is 24.1 Å². The Bertz CT molecular complexity index is 363. The lowest BCUT2D eigenvalue weighted by Crippen LogP contribution is -2.28. The SMILES string of the molecule is CC1OCCC1C(N)c1c(F)cccc1F. The van der Waals surface area contributed by atoms with Crippen LogP contribution in [0.4, 0.5) is 8.78 Å².